The van der Waals surface area contributed by atoms with Gasteiger partial charge in [-0.3, -0.25) is 4.98 Å². The second kappa shape index (κ2) is 7.86. The average molecular weight is 403 g/mol. The number of nitrogens with zero attached hydrogens (tertiary/aromatic N) is 3. The molecule has 0 bridgehead atoms. The molecule has 3 aromatic rings. The second-order valence-electron chi connectivity index (χ2n) is 6.70. The molecule has 0 N–H and O–H groups in total. The zero-order chi connectivity index (χ0) is 19.6. The van der Waals surface area contributed by atoms with Crippen molar-refractivity contribution in [3.05, 3.63) is 54.0 Å². The third-order valence-electron chi connectivity index (χ3n) is 4.54. The molecule has 0 aromatic carbocycles. The van der Waals surface area contributed by atoms with Gasteiger partial charge in [-0.05, 0) is 44.0 Å². The number of aromatic nitrogens is 2. The van der Waals surface area contributed by atoms with E-state index in [0.717, 1.165) is 12.8 Å². The molecular weight excluding hydrogens is 382 g/mol. The molecule has 1 fully saturated rings. The lowest BCUT2D eigenvalue weighted by Crippen LogP contribution is -2.37. The van der Waals surface area contributed by atoms with Crippen molar-refractivity contribution >= 4 is 10.0 Å². The standard InChI is InChI=1S/C19H21N3O5S/c1-14-11-18(27-21-14)17-7-8-19(26-17)28(23,24)22(13-16-6-4-10-25-16)12-15-5-2-3-9-20-15/h2-3,5,7-9,11,16H,4,6,10,12-13H2,1H3. The third-order valence-corrected chi connectivity index (χ3v) is 6.23. The van der Waals surface area contributed by atoms with Crippen molar-refractivity contribution in [2.75, 3.05) is 13.2 Å². The van der Waals surface area contributed by atoms with E-state index >= 15 is 0 Å². The van der Waals surface area contributed by atoms with E-state index in [0.29, 0.717) is 29.5 Å². The van der Waals surface area contributed by atoms with Crippen LogP contribution in [0.1, 0.15) is 24.2 Å². The minimum Gasteiger partial charge on any atom is -0.440 e. The first-order valence-corrected chi connectivity index (χ1v) is 10.5. The van der Waals surface area contributed by atoms with Crippen LogP contribution in [0.3, 0.4) is 0 Å². The van der Waals surface area contributed by atoms with Crippen LogP contribution in [0.25, 0.3) is 11.5 Å². The predicted molar refractivity (Wildman–Crippen MR) is 99.7 cm³/mol. The highest BCUT2D eigenvalue weighted by Gasteiger charge is 2.32. The Bertz CT molecular complexity index is 1020. The SMILES string of the molecule is Cc1cc(-c2ccc(S(=O)(=O)N(Cc3ccccn3)CC3CCCO3)o2)on1. The van der Waals surface area contributed by atoms with E-state index < -0.39 is 10.0 Å². The first kappa shape index (κ1) is 18.9. The maximum absolute atomic E-state index is 13.3. The van der Waals surface area contributed by atoms with Crippen molar-refractivity contribution < 1.29 is 22.1 Å². The van der Waals surface area contributed by atoms with E-state index in [1.807, 2.05) is 6.07 Å². The number of pyridine rings is 1. The number of furan rings is 1. The molecule has 1 unspecified atom stereocenters. The highest BCUT2D eigenvalue weighted by molar-refractivity contribution is 7.89. The van der Waals surface area contributed by atoms with Gasteiger partial charge >= 0.3 is 0 Å². The van der Waals surface area contributed by atoms with Crippen LogP contribution in [0.2, 0.25) is 0 Å². The minimum atomic E-state index is -3.88. The van der Waals surface area contributed by atoms with Gasteiger partial charge < -0.3 is 13.7 Å². The van der Waals surface area contributed by atoms with Gasteiger partial charge in [0, 0.05) is 25.4 Å². The second-order valence-corrected chi connectivity index (χ2v) is 8.57. The molecule has 1 aliphatic rings. The molecule has 0 radical (unpaired) electrons. The van der Waals surface area contributed by atoms with Gasteiger partial charge in [0.05, 0.1) is 24.0 Å². The summed E-state index contributed by atoms with van der Waals surface area (Å²) in [7, 11) is -3.88. The van der Waals surface area contributed by atoms with Crippen molar-refractivity contribution in [1.82, 2.24) is 14.4 Å². The van der Waals surface area contributed by atoms with Crippen LogP contribution in [0.15, 0.2) is 56.6 Å². The minimum absolute atomic E-state index is 0.134. The molecule has 0 saturated carbocycles. The summed E-state index contributed by atoms with van der Waals surface area (Å²) in [6.07, 6.45) is 3.26. The van der Waals surface area contributed by atoms with Crippen molar-refractivity contribution in [1.29, 1.82) is 0 Å². The van der Waals surface area contributed by atoms with Crippen molar-refractivity contribution in [3.8, 4) is 11.5 Å². The summed E-state index contributed by atoms with van der Waals surface area (Å²) in [5, 5.41) is 3.66. The fourth-order valence-electron chi connectivity index (χ4n) is 3.13. The summed E-state index contributed by atoms with van der Waals surface area (Å²) in [5.41, 5.74) is 1.34. The summed E-state index contributed by atoms with van der Waals surface area (Å²) >= 11 is 0. The first-order chi connectivity index (χ1) is 13.5. The number of ether oxygens (including phenoxy) is 1. The first-order valence-electron chi connectivity index (χ1n) is 9.07. The Hall–Kier alpha value is -2.49. The molecule has 3 aromatic heterocycles. The molecule has 8 nitrogen and oxygen atoms in total. The fourth-order valence-corrected chi connectivity index (χ4v) is 4.49. The zero-order valence-corrected chi connectivity index (χ0v) is 16.3. The number of hydrogen-bond acceptors (Lipinski definition) is 7. The topological polar surface area (TPSA) is 98.7 Å². The van der Waals surface area contributed by atoms with Crippen LogP contribution in [0.5, 0.6) is 0 Å². The Morgan fingerprint density at radius 1 is 1.21 bits per heavy atom. The van der Waals surface area contributed by atoms with Crippen molar-refractivity contribution in [3.63, 3.8) is 0 Å². The highest BCUT2D eigenvalue weighted by atomic mass is 32.2. The van der Waals surface area contributed by atoms with Gasteiger partial charge in [0.15, 0.2) is 5.76 Å². The third kappa shape index (κ3) is 4.01. The fraction of sp³-hybridized carbons (Fsp3) is 0.368. The van der Waals surface area contributed by atoms with Gasteiger partial charge in [0.25, 0.3) is 10.0 Å². The molecule has 0 amide bonds. The summed E-state index contributed by atoms with van der Waals surface area (Å²) < 4.78 is 44.3. The normalized spacial score (nSPS) is 17.4. The molecule has 4 heterocycles. The molecule has 148 valence electrons. The van der Waals surface area contributed by atoms with E-state index in [1.54, 1.807) is 37.4 Å². The van der Waals surface area contributed by atoms with Gasteiger partial charge in [-0.1, -0.05) is 11.2 Å². The molecule has 9 heteroatoms. The van der Waals surface area contributed by atoms with E-state index in [9.17, 15) is 8.42 Å². The number of rotatable bonds is 7. The number of hydrogen-bond donors (Lipinski definition) is 0. The average Bonchev–Trinajstić information content (AvgIpc) is 3.43. The Morgan fingerprint density at radius 2 is 2.11 bits per heavy atom. The zero-order valence-electron chi connectivity index (χ0n) is 15.4. The van der Waals surface area contributed by atoms with E-state index in [2.05, 4.69) is 10.1 Å². The van der Waals surface area contributed by atoms with Crippen LogP contribution >= 0.6 is 0 Å². The Balaban J connectivity index is 1.62. The van der Waals surface area contributed by atoms with Gasteiger partial charge in [0.1, 0.15) is 0 Å². The number of sulfonamides is 1. The summed E-state index contributed by atoms with van der Waals surface area (Å²) in [4.78, 5) is 4.26. The molecule has 1 saturated heterocycles. The van der Waals surface area contributed by atoms with Crippen molar-refractivity contribution in [2.24, 2.45) is 0 Å². The Kier molecular flexibility index (Phi) is 5.29. The van der Waals surface area contributed by atoms with E-state index in [1.165, 1.54) is 10.4 Å². The molecule has 1 atom stereocenters. The lowest BCUT2D eigenvalue weighted by atomic mass is 10.2. The Morgan fingerprint density at radius 3 is 2.79 bits per heavy atom. The largest absolute Gasteiger partial charge is 0.440 e. The predicted octanol–water partition coefficient (Wildman–Crippen LogP) is 3.01. The summed E-state index contributed by atoms with van der Waals surface area (Å²) in [5.74, 6) is 0.698. The van der Waals surface area contributed by atoms with Crippen LogP contribution in [-0.4, -0.2) is 42.1 Å². The molecular formula is C19H21N3O5S. The van der Waals surface area contributed by atoms with E-state index in [4.69, 9.17) is 13.7 Å². The maximum Gasteiger partial charge on any atom is 0.276 e. The van der Waals surface area contributed by atoms with E-state index in [-0.39, 0.29) is 24.3 Å². The smallest absolute Gasteiger partial charge is 0.276 e. The van der Waals surface area contributed by atoms with Gasteiger partial charge in [0.2, 0.25) is 10.9 Å². The molecule has 28 heavy (non-hydrogen) atoms. The number of aryl methyl sites for hydroxylation is 1. The van der Waals surface area contributed by atoms with Crippen LogP contribution < -0.4 is 0 Å². The quantitative estimate of drug-likeness (QED) is 0.598. The molecule has 0 aliphatic carbocycles. The van der Waals surface area contributed by atoms with Crippen molar-refractivity contribution in [2.45, 2.75) is 37.5 Å². The van der Waals surface area contributed by atoms with Gasteiger partial charge in [-0.2, -0.15) is 4.31 Å². The highest BCUT2D eigenvalue weighted by Crippen LogP contribution is 2.28. The summed E-state index contributed by atoms with van der Waals surface area (Å²) in [6, 6.07) is 10.1. The lowest BCUT2D eigenvalue weighted by Gasteiger charge is -2.23. The molecule has 4 rings (SSSR count). The summed E-state index contributed by atoms with van der Waals surface area (Å²) in [6.45, 7) is 2.82. The maximum atomic E-state index is 13.3. The van der Waals surface area contributed by atoms with Gasteiger partial charge in [-0.15, -0.1) is 0 Å². The lowest BCUT2D eigenvalue weighted by molar-refractivity contribution is 0.0920. The van der Waals surface area contributed by atoms with Crippen LogP contribution in [-0.2, 0) is 21.3 Å². The Labute approximate surface area is 163 Å². The molecule has 0 spiro atoms. The van der Waals surface area contributed by atoms with Gasteiger partial charge in [-0.25, -0.2) is 8.42 Å². The molecule has 1 aliphatic heterocycles. The monoisotopic (exact) mass is 403 g/mol. The van der Waals surface area contributed by atoms with Crippen LogP contribution in [0.4, 0.5) is 0 Å². The van der Waals surface area contributed by atoms with Crippen LogP contribution in [0, 0.1) is 6.92 Å².